The second kappa shape index (κ2) is 7.91. The van der Waals surface area contributed by atoms with Crippen molar-refractivity contribution in [1.29, 1.82) is 0 Å². The Morgan fingerprint density at radius 2 is 1.04 bits per heavy atom. The van der Waals surface area contributed by atoms with Crippen molar-refractivity contribution in [1.82, 2.24) is 0 Å². The van der Waals surface area contributed by atoms with E-state index in [2.05, 4.69) is 0 Å². The van der Waals surface area contributed by atoms with Crippen molar-refractivity contribution in [2.75, 3.05) is 0 Å². The molecule has 0 spiro atoms. The Morgan fingerprint density at radius 1 is 0.652 bits per heavy atom. The molecule has 0 bridgehead atoms. The Morgan fingerprint density at radius 3 is 1.48 bits per heavy atom. The lowest BCUT2D eigenvalue weighted by Crippen LogP contribution is -2.61. The van der Waals surface area contributed by atoms with Gasteiger partial charge in [-0.15, -0.1) is 0 Å². The predicted octanol–water partition coefficient (Wildman–Crippen LogP) is 0.0894. The van der Waals surface area contributed by atoms with Crippen LogP contribution in [0.5, 0.6) is 0 Å². The molecule has 9 nitrogen and oxygen atoms in total. The molecular weight excluding hydrogens is 312 g/mol. The van der Waals surface area contributed by atoms with Gasteiger partial charge in [0.25, 0.3) is 0 Å². The minimum Gasteiger partial charge on any atom is -0.456 e. The number of carbonyl (C=O) groups is 4. The van der Waals surface area contributed by atoms with Crippen LogP contribution < -0.4 is 0 Å². The van der Waals surface area contributed by atoms with E-state index in [0.717, 1.165) is 20.8 Å². The van der Waals surface area contributed by atoms with E-state index in [0.29, 0.717) is 0 Å². The molecule has 1 aliphatic heterocycles. The molecular formula is C14H20O9. The molecule has 0 aromatic rings. The van der Waals surface area contributed by atoms with Gasteiger partial charge < -0.3 is 23.7 Å². The van der Waals surface area contributed by atoms with Crippen LogP contribution in [0, 0.1) is 0 Å². The van der Waals surface area contributed by atoms with Crippen LogP contribution in [0.4, 0.5) is 0 Å². The molecule has 0 radical (unpaired) electrons. The smallest absolute Gasteiger partial charge is 0.305 e. The molecule has 0 amide bonds. The molecule has 5 atom stereocenters. The minimum atomic E-state index is -1.29. The van der Waals surface area contributed by atoms with Crippen molar-refractivity contribution >= 4 is 23.9 Å². The van der Waals surface area contributed by atoms with E-state index in [1.54, 1.807) is 6.92 Å². The van der Waals surface area contributed by atoms with Crippen molar-refractivity contribution in [2.45, 2.75) is 65.3 Å². The van der Waals surface area contributed by atoms with Gasteiger partial charge in [-0.25, -0.2) is 0 Å². The molecule has 23 heavy (non-hydrogen) atoms. The molecule has 0 aromatic carbocycles. The SMILES string of the molecule is CC(=O)OC1OC(C)[C@H](OC(C)=O)[C@@H](OC(C)=O)[C@@H]1OC(C)=O. The summed E-state index contributed by atoms with van der Waals surface area (Å²) in [6.45, 7) is 6.16. The lowest BCUT2D eigenvalue weighted by atomic mass is 9.99. The summed E-state index contributed by atoms with van der Waals surface area (Å²) in [7, 11) is 0. The molecule has 0 aromatic heterocycles. The third-order valence-corrected chi connectivity index (χ3v) is 2.92. The quantitative estimate of drug-likeness (QED) is 0.521. The van der Waals surface area contributed by atoms with Gasteiger partial charge in [0.2, 0.25) is 12.4 Å². The van der Waals surface area contributed by atoms with Gasteiger partial charge >= 0.3 is 23.9 Å². The Balaban J connectivity index is 3.15. The third kappa shape index (κ3) is 5.51. The largest absolute Gasteiger partial charge is 0.456 e. The summed E-state index contributed by atoms with van der Waals surface area (Å²) >= 11 is 0. The first-order chi connectivity index (χ1) is 10.6. The zero-order valence-electron chi connectivity index (χ0n) is 13.6. The molecule has 0 aliphatic carbocycles. The van der Waals surface area contributed by atoms with Crippen LogP contribution >= 0.6 is 0 Å². The second-order valence-electron chi connectivity index (χ2n) is 5.04. The monoisotopic (exact) mass is 332 g/mol. The fourth-order valence-electron chi connectivity index (χ4n) is 2.23. The predicted molar refractivity (Wildman–Crippen MR) is 72.8 cm³/mol. The van der Waals surface area contributed by atoms with Crippen LogP contribution in [-0.4, -0.2) is 54.6 Å². The van der Waals surface area contributed by atoms with E-state index in [4.69, 9.17) is 23.7 Å². The number of hydrogen-bond acceptors (Lipinski definition) is 9. The van der Waals surface area contributed by atoms with Crippen LogP contribution in [0.1, 0.15) is 34.6 Å². The molecule has 130 valence electrons. The maximum Gasteiger partial charge on any atom is 0.305 e. The van der Waals surface area contributed by atoms with Gasteiger partial charge in [0, 0.05) is 27.7 Å². The van der Waals surface area contributed by atoms with E-state index in [1.165, 1.54) is 6.92 Å². The number of carbonyl (C=O) groups excluding carboxylic acids is 4. The molecule has 1 rings (SSSR count). The summed E-state index contributed by atoms with van der Waals surface area (Å²) in [5.74, 6) is -2.69. The molecule has 9 heteroatoms. The molecule has 1 heterocycles. The van der Waals surface area contributed by atoms with Gasteiger partial charge in [0.1, 0.15) is 0 Å². The van der Waals surface area contributed by atoms with E-state index < -0.39 is 54.6 Å². The molecule has 1 aliphatic rings. The van der Waals surface area contributed by atoms with Gasteiger partial charge in [-0.1, -0.05) is 0 Å². The van der Waals surface area contributed by atoms with Crippen LogP contribution in [-0.2, 0) is 42.9 Å². The van der Waals surface area contributed by atoms with Crippen molar-refractivity contribution in [3.8, 4) is 0 Å². The lowest BCUT2D eigenvalue weighted by Gasteiger charge is -2.42. The van der Waals surface area contributed by atoms with E-state index >= 15 is 0 Å². The van der Waals surface area contributed by atoms with E-state index in [-0.39, 0.29) is 0 Å². The first-order valence-electron chi connectivity index (χ1n) is 6.96. The van der Waals surface area contributed by atoms with Gasteiger partial charge in [0.05, 0.1) is 6.10 Å². The number of hydrogen-bond donors (Lipinski definition) is 0. The Hall–Kier alpha value is -2.16. The van der Waals surface area contributed by atoms with Gasteiger partial charge in [-0.05, 0) is 6.92 Å². The maximum atomic E-state index is 11.4. The molecule has 1 saturated heterocycles. The number of rotatable bonds is 4. The average molecular weight is 332 g/mol. The number of ether oxygens (including phenoxy) is 5. The maximum absolute atomic E-state index is 11.4. The highest BCUT2D eigenvalue weighted by molar-refractivity contribution is 5.69. The fraction of sp³-hybridized carbons (Fsp3) is 0.714. The zero-order chi connectivity index (χ0) is 17.7. The standard InChI is InChI=1S/C14H20O9/c1-6-11(20-7(2)15)12(21-8(3)16)13(22-9(4)17)14(19-6)23-10(5)18/h6,11-14H,1-5H3/t6?,11-,12+,13-,14?/m0/s1. The molecule has 0 saturated carbocycles. The van der Waals surface area contributed by atoms with Gasteiger partial charge in [-0.3, -0.25) is 19.2 Å². The Labute approximate surface area is 133 Å². The van der Waals surface area contributed by atoms with E-state index in [1.807, 2.05) is 0 Å². The van der Waals surface area contributed by atoms with E-state index in [9.17, 15) is 19.2 Å². The zero-order valence-corrected chi connectivity index (χ0v) is 13.6. The summed E-state index contributed by atoms with van der Waals surface area (Å²) in [4.78, 5) is 45.1. The molecule has 1 fully saturated rings. The van der Waals surface area contributed by atoms with Crippen molar-refractivity contribution in [3.63, 3.8) is 0 Å². The van der Waals surface area contributed by atoms with Crippen LogP contribution in [0.3, 0.4) is 0 Å². The van der Waals surface area contributed by atoms with Crippen molar-refractivity contribution in [2.24, 2.45) is 0 Å². The fourth-order valence-corrected chi connectivity index (χ4v) is 2.23. The minimum absolute atomic E-state index is 0.630. The number of esters is 4. The van der Waals surface area contributed by atoms with Gasteiger partial charge in [0.15, 0.2) is 12.2 Å². The first kappa shape index (κ1) is 18.9. The molecule has 0 N–H and O–H groups in total. The summed E-state index contributed by atoms with van der Waals surface area (Å²) < 4.78 is 25.7. The Bertz CT molecular complexity index is 487. The molecule has 2 unspecified atom stereocenters. The summed E-state index contributed by atoms with van der Waals surface area (Å²) in [6.07, 6.45) is -5.51. The Kier molecular flexibility index (Phi) is 6.49. The van der Waals surface area contributed by atoms with Crippen molar-refractivity contribution in [3.05, 3.63) is 0 Å². The average Bonchev–Trinajstić information content (AvgIpc) is 2.36. The summed E-state index contributed by atoms with van der Waals surface area (Å²) in [5, 5.41) is 0. The summed E-state index contributed by atoms with van der Waals surface area (Å²) in [6, 6.07) is 0. The van der Waals surface area contributed by atoms with Crippen molar-refractivity contribution < 1.29 is 42.9 Å². The lowest BCUT2D eigenvalue weighted by molar-refractivity contribution is -0.292. The third-order valence-electron chi connectivity index (χ3n) is 2.92. The van der Waals surface area contributed by atoms with Gasteiger partial charge in [-0.2, -0.15) is 0 Å². The highest BCUT2D eigenvalue weighted by Crippen LogP contribution is 2.29. The topological polar surface area (TPSA) is 114 Å². The normalized spacial score (nSPS) is 30.0. The highest BCUT2D eigenvalue weighted by atomic mass is 16.7. The first-order valence-corrected chi connectivity index (χ1v) is 6.96. The summed E-state index contributed by atoms with van der Waals surface area (Å²) in [5.41, 5.74) is 0. The highest BCUT2D eigenvalue weighted by Gasteiger charge is 2.51. The van der Waals surface area contributed by atoms with Crippen LogP contribution in [0.25, 0.3) is 0 Å². The second-order valence-corrected chi connectivity index (χ2v) is 5.04. The van der Waals surface area contributed by atoms with Crippen LogP contribution in [0.2, 0.25) is 0 Å². The van der Waals surface area contributed by atoms with Crippen LogP contribution in [0.15, 0.2) is 0 Å².